The van der Waals surface area contributed by atoms with Crippen LogP contribution >= 0.6 is 11.6 Å². The van der Waals surface area contributed by atoms with E-state index in [2.05, 4.69) is 5.32 Å². The Labute approximate surface area is 189 Å². The van der Waals surface area contributed by atoms with Gasteiger partial charge < -0.3 is 19.7 Å². The molecule has 2 aromatic carbocycles. The third kappa shape index (κ3) is 7.47. The SMILES string of the molecule is COc1cccc(CN(C(=O)COc2ccc(Cl)c(C)c2)[C@@H](C)C(=O)NCC(C)C)c1. The van der Waals surface area contributed by atoms with Crippen LogP contribution in [0.3, 0.4) is 0 Å². The van der Waals surface area contributed by atoms with Crippen molar-refractivity contribution >= 4 is 23.4 Å². The molecule has 7 heteroatoms. The number of carbonyl (C=O) groups excluding carboxylic acids is 2. The summed E-state index contributed by atoms with van der Waals surface area (Å²) in [6.45, 7) is 8.25. The highest BCUT2D eigenvalue weighted by atomic mass is 35.5. The van der Waals surface area contributed by atoms with E-state index in [0.717, 1.165) is 11.1 Å². The van der Waals surface area contributed by atoms with Crippen molar-refractivity contribution < 1.29 is 19.1 Å². The summed E-state index contributed by atoms with van der Waals surface area (Å²) in [5.74, 6) is 1.06. The minimum absolute atomic E-state index is 0.188. The van der Waals surface area contributed by atoms with E-state index >= 15 is 0 Å². The fourth-order valence-electron chi connectivity index (χ4n) is 2.94. The van der Waals surface area contributed by atoms with E-state index in [1.807, 2.05) is 45.0 Å². The molecule has 0 unspecified atom stereocenters. The molecule has 2 rings (SSSR count). The average Bonchev–Trinajstić information content (AvgIpc) is 2.76. The molecule has 1 N–H and O–H groups in total. The number of amides is 2. The van der Waals surface area contributed by atoms with Crippen LogP contribution in [0.1, 0.15) is 31.9 Å². The number of benzene rings is 2. The van der Waals surface area contributed by atoms with Gasteiger partial charge in [0, 0.05) is 18.1 Å². The molecule has 1 atom stereocenters. The van der Waals surface area contributed by atoms with Gasteiger partial charge in [-0.15, -0.1) is 0 Å². The second-order valence-electron chi connectivity index (χ2n) is 7.89. The average molecular weight is 447 g/mol. The van der Waals surface area contributed by atoms with Crippen molar-refractivity contribution in [1.82, 2.24) is 10.2 Å². The molecule has 0 aliphatic carbocycles. The van der Waals surface area contributed by atoms with Crippen molar-refractivity contribution in [1.29, 1.82) is 0 Å². The Morgan fingerprint density at radius 2 is 1.84 bits per heavy atom. The fourth-order valence-corrected chi connectivity index (χ4v) is 3.06. The van der Waals surface area contributed by atoms with Crippen molar-refractivity contribution in [3.63, 3.8) is 0 Å². The van der Waals surface area contributed by atoms with Crippen molar-refractivity contribution in [2.45, 2.75) is 40.3 Å². The van der Waals surface area contributed by atoms with E-state index in [0.29, 0.717) is 29.0 Å². The zero-order valence-corrected chi connectivity index (χ0v) is 19.5. The highest BCUT2D eigenvalue weighted by Gasteiger charge is 2.26. The number of hydrogen-bond donors (Lipinski definition) is 1. The van der Waals surface area contributed by atoms with Gasteiger partial charge in [0.1, 0.15) is 17.5 Å². The maximum Gasteiger partial charge on any atom is 0.261 e. The molecule has 0 aromatic heterocycles. The molecule has 6 nitrogen and oxygen atoms in total. The van der Waals surface area contributed by atoms with Crippen LogP contribution in [0.15, 0.2) is 42.5 Å². The lowest BCUT2D eigenvalue weighted by Crippen LogP contribution is -2.49. The minimum atomic E-state index is -0.659. The topological polar surface area (TPSA) is 67.9 Å². The summed E-state index contributed by atoms with van der Waals surface area (Å²) in [6, 6.07) is 12.0. The Bertz CT molecular complexity index is 901. The molecule has 0 spiro atoms. The molecule has 31 heavy (non-hydrogen) atoms. The van der Waals surface area contributed by atoms with E-state index in [1.165, 1.54) is 4.90 Å². The number of rotatable bonds is 10. The lowest BCUT2D eigenvalue weighted by atomic mass is 10.1. The Morgan fingerprint density at radius 1 is 1.10 bits per heavy atom. The summed E-state index contributed by atoms with van der Waals surface area (Å²) in [7, 11) is 1.59. The fraction of sp³-hybridized carbons (Fsp3) is 0.417. The van der Waals surface area contributed by atoms with Crippen molar-refractivity contribution in [2.24, 2.45) is 5.92 Å². The molecule has 2 amide bonds. The van der Waals surface area contributed by atoms with Gasteiger partial charge in [0.2, 0.25) is 5.91 Å². The monoisotopic (exact) mass is 446 g/mol. The van der Waals surface area contributed by atoms with Crippen molar-refractivity contribution in [3.05, 3.63) is 58.6 Å². The number of halogens is 1. The molecule has 168 valence electrons. The Morgan fingerprint density at radius 3 is 2.48 bits per heavy atom. The first-order valence-electron chi connectivity index (χ1n) is 10.3. The highest BCUT2D eigenvalue weighted by Crippen LogP contribution is 2.21. The Kier molecular flexibility index (Phi) is 9.19. The largest absolute Gasteiger partial charge is 0.497 e. The minimum Gasteiger partial charge on any atom is -0.497 e. The molecular weight excluding hydrogens is 416 g/mol. The number of nitrogens with zero attached hydrogens (tertiary/aromatic N) is 1. The maximum absolute atomic E-state index is 13.1. The van der Waals surface area contributed by atoms with Crippen LogP contribution in [-0.4, -0.2) is 43.0 Å². The van der Waals surface area contributed by atoms with E-state index in [4.69, 9.17) is 21.1 Å². The van der Waals surface area contributed by atoms with Gasteiger partial charge in [-0.2, -0.15) is 0 Å². The lowest BCUT2D eigenvalue weighted by Gasteiger charge is -2.29. The van der Waals surface area contributed by atoms with E-state index in [1.54, 1.807) is 32.2 Å². The van der Waals surface area contributed by atoms with Gasteiger partial charge in [0.15, 0.2) is 6.61 Å². The summed E-state index contributed by atoms with van der Waals surface area (Å²) >= 11 is 6.05. The van der Waals surface area contributed by atoms with E-state index in [9.17, 15) is 9.59 Å². The number of methoxy groups -OCH3 is 1. The predicted molar refractivity (Wildman–Crippen MR) is 123 cm³/mol. The summed E-state index contributed by atoms with van der Waals surface area (Å²) in [5.41, 5.74) is 1.72. The third-order valence-electron chi connectivity index (χ3n) is 4.83. The predicted octanol–water partition coefficient (Wildman–Crippen LogP) is 4.23. The van der Waals surface area contributed by atoms with Gasteiger partial charge in [-0.05, 0) is 61.2 Å². The lowest BCUT2D eigenvalue weighted by molar-refractivity contribution is -0.142. The van der Waals surface area contributed by atoms with Crippen LogP contribution in [0.2, 0.25) is 5.02 Å². The van der Waals surface area contributed by atoms with Crippen LogP contribution in [0, 0.1) is 12.8 Å². The molecule has 0 fully saturated rings. The van der Waals surface area contributed by atoms with Gasteiger partial charge in [-0.1, -0.05) is 37.6 Å². The first-order valence-corrected chi connectivity index (χ1v) is 10.7. The summed E-state index contributed by atoms with van der Waals surface area (Å²) < 4.78 is 11.0. The van der Waals surface area contributed by atoms with E-state index in [-0.39, 0.29) is 25.0 Å². The van der Waals surface area contributed by atoms with Gasteiger partial charge in [-0.25, -0.2) is 0 Å². The zero-order chi connectivity index (χ0) is 23.0. The van der Waals surface area contributed by atoms with Crippen molar-refractivity contribution in [2.75, 3.05) is 20.3 Å². The zero-order valence-electron chi connectivity index (χ0n) is 18.8. The van der Waals surface area contributed by atoms with Gasteiger partial charge in [0.25, 0.3) is 5.91 Å². The number of ether oxygens (including phenoxy) is 2. The van der Waals surface area contributed by atoms with Gasteiger partial charge >= 0.3 is 0 Å². The first kappa shape index (κ1) is 24.5. The van der Waals surface area contributed by atoms with Crippen molar-refractivity contribution in [3.8, 4) is 11.5 Å². The first-order chi connectivity index (χ1) is 14.7. The Balaban J connectivity index is 2.16. The molecule has 0 saturated carbocycles. The van der Waals surface area contributed by atoms with E-state index < -0.39 is 6.04 Å². The second-order valence-corrected chi connectivity index (χ2v) is 8.30. The summed E-state index contributed by atoms with van der Waals surface area (Å²) in [4.78, 5) is 27.3. The molecule has 2 aromatic rings. The van der Waals surface area contributed by atoms with Crippen LogP contribution < -0.4 is 14.8 Å². The number of carbonyl (C=O) groups is 2. The van der Waals surface area contributed by atoms with Crippen LogP contribution in [0.5, 0.6) is 11.5 Å². The highest BCUT2D eigenvalue weighted by molar-refractivity contribution is 6.31. The molecule has 0 radical (unpaired) electrons. The summed E-state index contributed by atoms with van der Waals surface area (Å²) in [6.07, 6.45) is 0. The molecule has 0 aliphatic heterocycles. The smallest absolute Gasteiger partial charge is 0.261 e. The molecular formula is C24H31ClN2O4. The van der Waals surface area contributed by atoms with Gasteiger partial charge in [0.05, 0.1) is 7.11 Å². The quantitative estimate of drug-likeness (QED) is 0.593. The second kappa shape index (κ2) is 11.6. The number of hydrogen-bond acceptors (Lipinski definition) is 4. The van der Waals surface area contributed by atoms with Crippen LogP contribution in [0.4, 0.5) is 0 Å². The van der Waals surface area contributed by atoms with Crippen LogP contribution in [-0.2, 0) is 16.1 Å². The molecule has 0 bridgehead atoms. The van der Waals surface area contributed by atoms with Crippen LogP contribution in [0.25, 0.3) is 0 Å². The Hall–Kier alpha value is -2.73. The number of nitrogens with one attached hydrogen (secondary N) is 1. The molecule has 0 saturated heterocycles. The van der Waals surface area contributed by atoms with Gasteiger partial charge in [-0.3, -0.25) is 9.59 Å². The maximum atomic E-state index is 13.1. The molecule has 0 heterocycles. The molecule has 0 aliphatic rings. The third-order valence-corrected chi connectivity index (χ3v) is 5.25. The number of aryl methyl sites for hydroxylation is 1. The normalized spacial score (nSPS) is 11.7. The summed E-state index contributed by atoms with van der Waals surface area (Å²) in [5, 5.41) is 3.53. The standard InChI is InChI=1S/C24H31ClN2O4/c1-16(2)13-26-24(29)18(4)27(14-19-7-6-8-20(12-19)30-5)23(28)15-31-21-9-10-22(25)17(3)11-21/h6-12,16,18H,13-15H2,1-5H3,(H,26,29)/t18-/m0/s1.